The predicted octanol–water partition coefficient (Wildman–Crippen LogP) is 2.89. The van der Waals surface area contributed by atoms with Gasteiger partial charge in [-0.25, -0.2) is 0 Å². The quantitative estimate of drug-likeness (QED) is 0.861. The minimum Gasteiger partial charge on any atom is -0.369 e. The average molecular weight is 275 g/mol. The monoisotopic (exact) mass is 275 g/mol. The summed E-state index contributed by atoms with van der Waals surface area (Å²) in [6.45, 7) is 13.6. The Morgan fingerprint density at radius 3 is 2.25 bits per heavy atom. The number of hydrogen-bond acceptors (Lipinski definition) is 3. The summed E-state index contributed by atoms with van der Waals surface area (Å²) >= 11 is 0. The third kappa shape index (κ3) is 3.97. The van der Waals surface area contributed by atoms with Gasteiger partial charge in [-0.2, -0.15) is 0 Å². The maximum absolute atomic E-state index is 3.54. The van der Waals surface area contributed by atoms with Crippen LogP contribution in [0.4, 0.5) is 5.69 Å². The minimum absolute atomic E-state index is 0.445. The van der Waals surface area contributed by atoms with Crippen LogP contribution >= 0.6 is 0 Å². The summed E-state index contributed by atoms with van der Waals surface area (Å²) in [6.07, 6.45) is 1.18. The summed E-state index contributed by atoms with van der Waals surface area (Å²) in [5.41, 5.74) is 2.75. The summed E-state index contributed by atoms with van der Waals surface area (Å²) in [4.78, 5) is 5.02. The van der Waals surface area contributed by atoms with Crippen LogP contribution in [0.5, 0.6) is 0 Å². The summed E-state index contributed by atoms with van der Waals surface area (Å²) < 4.78 is 0. The lowest BCUT2D eigenvalue weighted by Crippen LogP contribution is -2.46. The lowest BCUT2D eigenvalue weighted by atomic mass is 10.1. The molecule has 1 aromatic rings. The van der Waals surface area contributed by atoms with Crippen molar-refractivity contribution in [1.29, 1.82) is 0 Å². The zero-order valence-electron chi connectivity index (χ0n) is 13.2. The second-order valence-electron chi connectivity index (χ2n) is 5.69. The van der Waals surface area contributed by atoms with Gasteiger partial charge in [0.2, 0.25) is 0 Å². The summed E-state index contributed by atoms with van der Waals surface area (Å²) in [5.74, 6) is 0. The molecule has 1 atom stereocenters. The van der Waals surface area contributed by atoms with E-state index in [2.05, 4.69) is 60.2 Å². The molecule has 0 aliphatic carbocycles. The molecule has 1 aliphatic heterocycles. The maximum Gasteiger partial charge on any atom is 0.0367 e. The Labute approximate surface area is 124 Å². The van der Waals surface area contributed by atoms with Gasteiger partial charge in [-0.1, -0.05) is 26.0 Å². The van der Waals surface area contributed by atoms with Crippen LogP contribution < -0.4 is 10.2 Å². The molecule has 0 spiro atoms. The predicted molar refractivity (Wildman–Crippen MR) is 87.5 cm³/mol. The highest BCUT2D eigenvalue weighted by atomic mass is 15.3. The molecule has 1 unspecified atom stereocenters. The fourth-order valence-corrected chi connectivity index (χ4v) is 2.77. The van der Waals surface area contributed by atoms with Crippen molar-refractivity contribution in [3.63, 3.8) is 0 Å². The van der Waals surface area contributed by atoms with Crippen molar-refractivity contribution in [2.75, 3.05) is 44.2 Å². The second kappa shape index (κ2) is 7.65. The third-order valence-corrected chi connectivity index (χ3v) is 4.28. The summed E-state index contributed by atoms with van der Waals surface area (Å²) in [6, 6.07) is 9.55. The lowest BCUT2D eigenvalue weighted by Gasteiger charge is -2.35. The topological polar surface area (TPSA) is 18.5 Å². The molecule has 20 heavy (non-hydrogen) atoms. The van der Waals surface area contributed by atoms with Gasteiger partial charge in [-0.3, -0.25) is 0 Å². The van der Waals surface area contributed by atoms with E-state index in [1.807, 2.05) is 0 Å². The summed E-state index contributed by atoms with van der Waals surface area (Å²) in [5, 5.41) is 3.54. The van der Waals surface area contributed by atoms with Crippen LogP contribution in [-0.2, 0) is 0 Å². The molecule has 0 aromatic heterocycles. The van der Waals surface area contributed by atoms with Gasteiger partial charge in [-0.15, -0.1) is 0 Å². The normalized spacial score (nSPS) is 18.2. The van der Waals surface area contributed by atoms with Gasteiger partial charge in [-0.05, 0) is 44.1 Å². The number of likely N-dealkylation sites (N-methyl/N-ethyl adjacent to an activating group) is 1. The van der Waals surface area contributed by atoms with Crippen LogP contribution in [-0.4, -0.2) is 44.2 Å². The molecule has 112 valence electrons. The standard InChI is InChI=1S/C17H29N3/c1-4-10-18-15(3)16-6-8-17(9-7-16)20-13-11-19(5-2)12-14-20/h6-9,15,18H,4-5,10-14H2,1-3H3. The number of anilines is 1. The van der Waals surface area contributed by atoms with Crippen LogP contribution in [0.3, 0.4) is 0 Å². The van der Waals surface area contributed by atoms with Gasteiger partial charge in [0.15, 0.2) is 0 Å². The Hall–Kier alpha value is -1.06. The van der Waals surface area contributed by atoms with Crippen molar-refractivity contribution in [3.8, 4) is 0 Å². The van der Waals surface area contributed by atoms with Crippen LogP contribution in [0, 0.1) is 0 Å². The number of benzene rings is 1. The average Bonchev–Trinajstić information content (AvgIpc) is 2.53. The van der Waals surface area contributed by atoms with Crippen molar-refractivity contribution in [2.24, 2.45) is 0 Å². The van der Waals surface area contributed by atoms with Gasteiger partial charge >= 0.3 is 0 Å². The maximum atomic E-state index is 3.54. The Kier molecular flexibility index (Phi) is 5.86. The van der Waals surface area contributed by atoms with Gasteiger partial charge in [0.1, 0.15) is 0 Å². The zero-order valence-corrected chi connectivity index (χ0v) is 13.2. The number of piperazine rings is 1. The molecule has 1 aromatic carbocycles. The van der Waals surface area contributed by atoms with Gasteiger partial charge < -0.3 is 15.1 Å². The van der Waals surface area contributed by atoms with E-state index >= 15 is 0 Å². The van der Waals surface area contributed by atoms with E-state index in [9.17, 15) is 0 Å². The highest BCUT2D eigenvalue weighted by Gasteiger charge is 2.15. The van der Waals surface area contributed by atoms with Crippen LogP contribution in [0.15, 0.2) is 24.3 Å². The number of nitrogens with zero attached hydrogens (tertiary/aromatic N) is 2. The molecule has 3 nitrogen and oxygen atoms in total. The van der Waals surface area contributed by atoms with E-state index in [-0.39, 0.29) is 0 Å². The van der Waals surface area contributed by atoms with Gasteiger partial charge in [0.05, 0.1) is 0 Å². The SMILES string of the molecule is CCCNC(C)c1ccc(N2CCN(CC)CC2)cc1. The van der Waals surface area contributed by atoms with Crippen molar-refractivity contribution in [1.82, 2.24) is 10.2 Å². The molecular formula is C17H29N3. The van der Waals surface area contributed by atoms with Gasteiger partial charge in [0, 0.05) is 37.9 Å². The minimum atomic E-state index is 0.445. The van der Waals surface area contributed by atoms with E-state index in [0.717, 1.165) is 19.6 Å². The fourth-order valence-electron chi connectivity index (χ4n) is 2.77. The van der Waals surface area contributed by atoms with Crippen LogP contribution in [0.1, 0.15) is 38.8 Å². The van der Waals surface area contributed by atoms with Crippen molar-refractivity contribution in [2.45, 2.75) is 33.2 Å². The highest BCUT2D eigenvalue weighted by Crippen LogP contribution is 2.20. The van der Waals surface area contributed by atoms with E-state index in [0.29, 0.717) is 6.04 Å². The molecular weight excluding hydrogens is 246 g/mol. The molecule has 3 heteroatoms. The second-order valence-corrected chi connectivity index (χ2v) is 5.69. The first-order valence-electron chi connectivity index (χ1n) is 8.05. The first-order chi connectivity index (χ1) is 9.74. The van der Waals surface area contributed by atoms with E-state index in [1.54, 1.807) is 0 Å². The van der Waals surface area contributed by atoms with E-state index in [4.69, 9.17) is 0 Å². The molecule has 1 saturated heterocycles. The van der Waals surface area contributed by atoms with Crippen LogP contribution in [0.2, 0.25) is 0 Å². The first-order valence-corrected chi connectivity index (χ1v) is 8.05. The fraction of sp³-hybridized carbons (Fsp3) is 0.647. The largest absolute Gasteiger partial charge is 0.369 e. The Bertz CT molecular complexity index is 380. The molecule has 0 radical (unpaired) electrons. The molecule has 0 amide bonds. The number of hydrogen-bond donors (Lipinski definition) is 1. The molecule has 2 rings (SSSR count). The molecule has 0 saturated carbocycles. The molecule has 1 heterocycles. The summed E-state index contributed by atoms with van der Waals surface area (Å²) in [7, 11) is 0. The smallest absolute Gasteiger partial charge is 0.0367 e. The van der Waals surface area contributed by atoms with E-state index < -0.39 is 0 Å². The lowest BCUT2D eigenvalue weighted by molar-refractivity contribution is 0.271. The van der Waals surface area contributed by atoms with Crippen molar-refractivity contribution >= 4 is 5.69 Å². The molecule has 1 N–H and O–H groups in total. The van der Waals surface area contributed by atoms with Gasteiger partial charge in [0.25, 0.3) is 0 Å². The Morgan fingerprint density at radius 2 is 1.70 bits per heavy atom. The first kappa shape index (κ1) is 15.3. The van der Waals surface area contributed by atoms with Crippen molar-refractivity contribution < 1.29 is 0 Å². The Balaban J connectivity index is 1.91. The number of rotatable bonds is 6. The highest BCUT2D eigenvalue weighted by molar-refractivity contribution is 5.48. The van der Waals surface area contributed by atoms with Crippen molar-refractivity contribution in [3.05, 3.63) is 29.8 Å². The van der Waals surface area contributed by atoms with E-state index in [1.165, 1.54) is 37.3 Å². The zero-order chi connectivity index (χ0) is 14.4. The molecule has 1 fully saturated rings. The van der Waals surface area contributed by atoms with Crippen LogP contribution in [0.25, 0.3) is 0 Å². The Morgan fingerprint density at radius 1 is 1.05 bits per heavy atom. The molecule has 1 aliphatic rings. The molecule has 0 bridgehead atoms. The third-order valence-electron chi connectivity index (χ3n) is 4.28. The number of nitrogens with one attached hydrogen (secondary N) is 1.